The van der Waals surface area contributed by atoms with E-state index in [1.165, 1.54) is 292 Å². The van der Waals surface area contributed by atoms with Gasteiger partial charge in [0.25, 0.3) is 0 Å². The molecule has 149 heavy (non-hydrogen) atoms. The summed E-state index contributed by atoms with van der Waals surface area (Å²) in [5.74, 6) is 0. The summed E-state index contributed by atoms with van der Waals surface area (Å²) in [6, 6.07) is 191. The topological polar surface area (TPSA) is 29.6 Å². The van der Waals surface area contributed by atoms with E-state index in [1.54, 1.807) is 0 Å². The summed E-state index contributed by atoms with van der Waals surface area (Å²) in [6.45, 7) is 0. The molecule has 0 aliphatic heterocycles. The Kier molecular flexibility index (Phi) is 19.3. The van der Waals surface area contributed by atoms with Gasteiger partial charge in [-0.1, -0.05) is 346 Å². The van der Waals surface area contributed by atoms with Gasteiger partial charge < -0.3 is 27.4 Å². The van der Waals surface area contributed by atoms with Crippen LogP contribution in [0.4, 0.5) is 0 Å². The van der Waals surface area contributed by atoms with Gasteiger partial charge in [-0.15, -0.1) is 34.0 Å². The zero-order valence-electron chi connectivity index (χ0n) is 80.6. The van der Waals surface area contributed by atoms with Gasteiger partial charge in [0.2, 0.25) is 0 Å². The lowest BCUT2D eigenvalue weighted by atomic mass is 9.88. The van der Waals surface area contributed by atoms with E-state index in [0.29, 0.717) is 0 Å². The summed E-state index contributed by atoms with van der Waals surface area (Å²) in [5, 5.41) is 28.3. The third-order valence-electron chi connectivity index (χ3n) is 31.0. The number of nitrogens with zero attached hydrogens (tertiary/aromatic N) is 6. The Balaban J connectivity index is 0.000000101. The van der Waals surface area contributed by atoms with Crippen LogP contribution in [-0.4, -0.2) is 27.4 Å². The number of aromatic nitrogens is 6. The van der Waals surface area contributed by atoms with E-state index in [-0.39, 0.29) is 0 Å². The molecule has 0 N–H and O–H groups in total. The number of fused-ring (bicyclic) bond motifs is 34. The van der Waals surface area contributed by atoms with Crippen molar-refractivity contribution in [2.75, 3.05) is 0 Å². The van der Waals surface area contributed by atoms with Crippen molar-refractivity contribution in [1.29, 1.82) is 0 Å². The third-order valence-corrected chi connectivity index (χ3v) is 34.6. The number of rotatable bonds is 10. The lowest BCUT2D eigenvalue weighted by Crippen LogP contribution is -1.95. The molecule has 0 atom stereocenters. The highest BCUT2D eigenvalue weighted by molar-refractivity contribution is 7.27. The van der Waals surface area contributed by atoms with Crippen molar-refractivity contribution in [3.63, 3.8) is 0 Å². The molecule has 0 unspecified atom stereocenters. The van der Waals surface area contributed by atoms with Crippen LogP contribution in [0.1, 0.15) is 0 Å². The maximum atomic E-state index is 2.50. The Morgan fingerprint density at radius 1 is 0.134 bits per heavy atom. The lowest BCUT2D eigenvalue weighted by molar-refractivity contribution is 1.18. The van der Waals surface area contributed by atoms with Gasteiger partial charge in [0.05, 0.1) is 66.2 Å². The fourth-order valence-electron chi connectivity index (χ4n) is 24.8. The molecular weight excluding hydrogens is 1860 g/mol. The Bertz CT molecular complexity index is 11300. The lowest BCUT2D eigenvalue weighted by Gasteiger charge is -2.17. The zero-order valence-corrected chi connectivity index (χ0v) is 83.0. The highest BCUT2D eigenvalue weighted by Gasteiger charge is 2.31. The molecule has 24 aromatic carbocycles. The van der Waals surface area contributed by atoms with Crippen molar-refractivity contribution >= 4 is 247 Å². The monoisotopic (exact) mass is 1950 g/mol. The fourth-order valence-corrected chi connectivity index (χ4v) is 28.6. The second-order valence-corrected chi connectivity index (χ2v) is 42.2. The molecule has 0 saturated heterocycles. The highest BCUT2D eigenvalue weighted by atomic mass is 32.1. The van der Waals surface area contributed by atoms with Gasteiger partial charge >= 0.3 is 0 Å². The maximum Gasteiger partial charge on any atom is 0.0640 e. The van der Waals surface area contributed by atoms with Crippen LogP contribution in [0.25, 0.3) is 292 Å². The minimum absolute atomic E-state index is 1.17. The molecule has 0 radical (unpaired) electrons. The largest absolute Gasteiger partial charge is 0.309 e. The van der Waals surface area contributed by atoms with E-state index in [2.05, 4.69) is 549 Å². The molecule has 0 saturated carbocycles. The highest BCUT2D eigenvalue weighted by Crippen LogP contribution is 2.57. The van der Waals surface area contributed by atoms with Crippen LogP contribution in [-0.2, 0) is 0 Å². The van der Waals surface area contributed by atoms with Crippen LogP contribution in [0.15, 0.2) is 522 Å². The summed E-state index contributed by atoms with van der Waals surface area (Å²) < 4.78 is 22.6. The van der Waals surface area contributed by atoms with E-state index >= 15 is 0 Å². The summed E-state index contributed by atoms with van der Waals surface area (Å²) in [7, 11) is 0. The van der Waals surface area contributed by atoms with Crippen molar-refractivity contribution in [3.05, 3.63) is 522 Å². The zero-order chi connectivity index (χ0) is 97.6. The molecule has 0 spiro atoms. The molecule has 9 heterocycles. The summed E-state index contributed by atoms with van der Waals surface area (Å²) in [4.78, 5) is 0. The predicted octanol–water partition coefficient (Wildman–Crippen LogP) is 39.7. The Labute approximate surface area is 867 Å². The van der Waals surface area contributed by atoms with Crippen LogP contribution < -0.4 is 0 Å². The molecule has 0 aliphatic carbocycles. The maximum absolute atomic E-state index is 2.50. The molecule has 9 heteroatoms. The Morgan fingerprint density at radius 2 is 0.416 bits per heavy atom. The molecule has 0 amide bonds. The smallest absolute Gasteiger partial charge is 0.0640 e. The standard InChI is InChI=1S/C48H30N2S.2C46H28N2S/c1-4-16-31(17-5-1)43-44(32-28-29-41-38(30-32)35-22-10-13-25-39(35)49(41)33-18-6-2-7-19-33)48-46(37-24-12-15-27-42(37)51-48)47-45(43)36-23-11-14-26-40(36)50(47)34-20-8-3-9-21-34;1-3-14-31(15-4-1)47-40-25-24-30(27-38(40)43-33-18-8-7-13-29(33)23-26-41(43)47)36-28-37-34-19-9-11-21-39(34)48(32-16-5-2-6-17-32)45(37)44-35-20-10-12-22-42(35)49-46(36)44;1-3-14-31(15-4-1)47-39-21-11-9-19-34(39)37-27-30(24-25-40(37)47)36-28-38-43-33-18-8-7-13-29(33)23-26-41(43)48(32-16-5-2-6-17-32)45(38)44-35-20-10-12-22-42(35)49-46(36)44/h1-30H;2*1-28H. The second-order valence-electron chi connectivity index (χ2n) is 39.0. The van der Waals surface area contributed by atoms with E-state index in [0.717, 1.165) is 0 Å². The molecule has 694 valence electrons. The Morgan fingerprint density at radius 3 is 0.879 bits per heavy atom. The average Bonchev–Trinajstić information content (AvgIpc) is 1.53. The van der Waals surface area contributed by atoms with Gasteiger partial charge in [-0.25, -0.2) is 0 Å². The van der Waals surface area contributed by atoms with Gasteiger partial charge in [-0.2, -0.15) is 0 Å². The first-order chi connectivity index (χ1) is 74.0. The first-order valence-corrected chi connectivity index (χ1v) is 53.5. The number of benzene rings is 24. The SMILES string of the molecule is c1ccc(-c2c(-c3ccc4c(c3)c3ccccc3n4-c3ccccc3)c3sc4ccccc4c3c3c2c2ccccc2n3-c2ccccc2)cc1.c1ccc(-n2c3ccc(-c4cc5c6ccccc6n(-c6ccccc6)c5c5c4sc4ccccc45)cc3c3c4ccccc4ccc32)cc1.c1ccc(-n2c3ccccc3c3cc(-c4cc5c6c7ccccc7ccc6n(-c6ccccc6)c5c5c4sc4ccccc45)ccc32)cc1. The van der Waals surface area contributed by atoms with Gasteiger partial charge in [-0.05, 0) is 220 Å². The summed E-state index contributed by atoms with van der Waals surface area (Å²) in [5.41, 5.74) is 31.9. The van der Waals surface area contributed by atoms with Crippen LogP contribution in [0.3, 0.4) is 0 Å². The van der Waals surface area contributed by atoms with Crippen molar-refractivity contribution in [2.45, 2.75) is 0 Å². The summed E-state index contributed by atoms with van der Waals surface area (Å²) in [6.07, 6.45) is 0. The van der Waals surface area contributed by atoms with Crippen molar-refractivity contribution in [2.24, 2.45) is 0 Å². The normalized spacial score (nSPS) is 12.0. The van der Waals surface area contributed by atoms with Crippen molar-refractivity contribution in [3.8, 4) is 78.6 Å². The van der Waals surface area contributed by atoms with Gasteiger partial charge in [-0.3, -0.25) is 0 Å². The van der Waals surface area contributed by atoms with E-state index < -0.39 is 0 Å². The van der Waals surface area contributed by atoms with E-state index in [9.17, 15) is 0 Å². The third kappa shape index (κ3) is 13.0. The predicted molar refractivity (Wildman–Crippen MR) is 641 cm³/mol. The number of para-hydroxylation sites is 10. The number of thiophene rings is 3. The summed E-state index contributed by atoms with van der Waals surface area (Å²) >= 11 is 5.73. The first kappa shape index (κ1) is 84.7. The minimum atomic E-state index is 1.17. The molecular formula is C140H86N6S3. The molecule has 0 aliphatic rings. The van der Waals surface area contributed by atoms with Crippen molar-refractivity contribution < 1.29 is 0 Å². The van der Waals surface area contributed by atoms with E-state index in [1.807, 2.05) is 34.0 Å². The van der Waals surface area contributed by atoms with Crippen LogP contribution in [0.5, 0.6) is 0 Å². The molecule has 9 aromatic heterocycles. The van der Waals surface area contributed by atoms with Gasteiger partial charge in [0.15, 0.2) is 0 Å². The average molecular weight is 1950 g/mol. The molecule has 0 bridgehead atoms. The van der Waals surface area contributed by atoms with Crippen LogP contribution in [0, 0.1) is 0 Å². The molecule has 6 nitrogen and oxygen atoms in total. The van der Waals surface area contributed by atoms with Crippen molar-refractivity contribution in [1.82, 2.24) is 27.4 Å². The van der Waals surface area contributed by atoms with E-state index in [4.69, 9.17) is 0 Å². The quantitative estimate of drug-likeness (QED) is 0.131. The second kappa shape index (κ2) is 34.0. The Hall–Kier alpha value is -18.7. The van der Waals surface area contributed by atoms with Crippen LogP contribution >= 0.6 is 34.0 Å². The molecule has 33 rings (SSSR count). The number of hydrogen-bond donors (Lipinski definition) is 0. The molecule has 33 aromatic rings. The first-order valence-electron chi connectivity index (χ1n) is 51.0. The van der Waals surface area contributed by atoms with Crippen LogP contribution in [0.2, 0.25) is 0 Å². The fraction of sp³-hybridized carbons (Fsp3) is 0. The minimum Gasteiger partial charge on any atom is -0.309 e. The van der Waals surface area contributed by atoms with Gasteiger partial charge in [0.1, 0.15) is 0 Å². The number of hydrogen-bond acceptors (Lipinski definition) is 3. The molecule has 0 fully saturated rings. The van der Waals surface area contributed by atoms with Gasteiger partial charge in [0, 0.05) is 182 Å².